The van der Waals surface area contributed by atoms with Gasteiger partial charge in [-0.1, -0.05) is 30.3 Å². The Morgan fingerprint density at radius 3 is 2.79 bits per heavy atom. The lowest BCUT2D eigenvalue weighted by molar-refractivity contribution is -0.116. The molecule has 4 rings (SSSR count). The Morgan fingerprint density at radius 1 is 1.12 bits per heavy atom. The Bertz CT molecular complexity index is 885. The van der Waals surface area contributed by atoms with Gasteiger partial charge in [0.25, 0.3) is 0 Å². The fourth-order valence-electron chi connectivity index (χ4n) is 3.01. The van der Waals surface area contributed by atoms with Gasteiger partial charge in [0, 0.05) is 29.8 Å². The molecule has 0 spiro atoms. The first kappa shape index (κ1) is 14.5. The molecule has 1 aliphatic rings. The van der Waals surface area contributed by atoms with E-state index in [2.05, 4.69) is 15.7 Å². The van der Waals surface area contributed by atoms with E-state index < -0.39 is 0 Å². The van der Waals surface area contributed by atoms with E-state index in [1.165, 1.54) is 0 Å². The summed E-state index contributed by atoms with van der Waals surface area (Å²) >= 11 is 0. The second kappa shape index (κ2) is 5.85. The molecule has 5 heteroatoms. The Kier molecular flexibility index (Phi) is 3.54. The van der Waals surface area contributed by atoms with E-state index in [0.29, 0.717) is 6.42 Å². The first-order chi connectivity index (χ1) is 11.7. The van der Waals surface area contributed by atoms with Crippen molar-refractivity contribution >= 4 is 17.3 Å². The quantitative estimate of drug-likeness (QED) is 0.758. The van der Waals surface area contributed by atoms with Crippen LogP contribution < -0.4 is 10.6 Å². The molecular weight excluding hydrogens is 300 g/mol. The summed E-state index contributed by atoms with van der Waals surface area (Å²) in [6, 6.07) is 16.0. The second-order valence-electron chi connectivity index (χ2n) is 6.03. The van der Waals surface area contributed by atoms with Gasteiger partial charge in [0.15, 0.2) is 0 Å². The minimum atomic E-state index is 0.0332. The summed E-state index contributed by atoms with van der Waals surface area (Å²) < 4.78 is 1.85. The number of anilines is 2. The largest absolute Gasteiger partial charge is 0.380 e. The summed E-state index contributed by atoms with van der Waals surface area (Å²) in [6.45, 7) is 2.01. The number of para-hydroxylation sites is 2. The Labute approximate surface area is 140 Å². The highest BCUT2D eigenvalue weighted by atomic mass is 16.1. The molecule has 1 aliphatic heterocycles. The standard InChI is InChI=1S/C19H18N4O/c1-13-10-18(24)22-17-9-5-8-16(19(17)21-13)14-11-20-23(12-14)15-6-3-2-4-7-15/h2-9,11-13,21H,10H2,1H3,(H,22,24)/t13-/m1/s1. The average Bonchev–Trinajstić information content (AvgIpc) is 3.01. The maximum atomic E-state index is 11.9. The van der Waals surface area contributed by atoms with Crippen LogP contribution in [0.5, 0.6) is 0 Å². The minimum absolute atomic E-state index is 0.0332. The number of aromatic nitrogens is 2. The summed E-state index contributed by atoms with van der Waals surface area (Å²) in [5.41, 5.74) is 4.81. The number of amides is 1. The minimum Gasteiger partial charge on any atom is -0.380 e. The molecule has 0 unspecified atom stereocenters. The van der Waals surface area contributed by atoms with E-state index in [0.717, 1.165) is 28.2 Å². The number of fused-ring (bicyclic) bond motifs is 1. The molecule has 1 atom stereocenters. The van der Waals surface area contributed by atoms with Crippen LogP contribution in [0.15, 0.2) is 60.9 Å². The number of carbonyl (C=O) groups is 1. The summed E-state index contributed by atoms with van der Waals surface area (Å²) in [5, 5.41) is 10.9. The monoisotopic (exact) mass is 318 g/mol. The second-order valence-corrected chi connectivity index (χ2v) is 6.03. The predicted molar refractivity (Wildman–Crippen MR) is 95.3 cm³/mol. The molecule has 2 N–H and O–H groups in total. The highest BCUT2D eigenvalue weighted by Crippen LogP contribution is 2.36. The maximum Gasteiger partial charge on any atom is 0.226 e. The molecule has 120 valence electrons. The van der Waals surface area contributed by atoms with E-state index >= 15 is 0 Å². The third-order valence-electron chi connectivity index (χ3n) is 4.14. The molecule has 2 aromatic carbocycles. The van der Waals surface area contributed by atoms with Gasteiger partial charge in [-0.2, -0.15) is 5.10 Å². The van der Waals surface area contributed by atoms with Gasteiger partial charge in [0.2, 0.25) is 5.91 Å². The molecule has 0 radical (unpaired) electrons. The van der Waals surface area contributed by atoms with Crippen molar-refractivity contribution in [3.8, 4) is 16.8 Å². The lowest BCUT2D eigenvalue weighted by Crippen LogP contribution is -2.19. The molecule has 0 aliphatic carbocycles. The van der Waals surface area contributed by atoms with Crippen molar-refractivity contribution in [1.82, 2.24) is 9.78 Å². The summed E-state index contributed by atoms with van der Waals surface area (Å²) in [6.07, 6.45) is 4.31. The lowest BCUT2D eigenvalue weighted by Gasteiger charge is -2.15. The third kappa shape index (κ3) is 2.65. The van der Waals surface area contributed by atoms with Gasteiger partial charge in [-0.25, -0.2) is 4.68 Å². The van der Waals surface area contributed by atoms with Gasteiger partial charge in [0.05, 0.1) is 23.3 Å². The molecule has 0 bridgehead atoms. The van der Waals surface area contributed by atoms with E-state index in [1.54, 1.807) is 0 Å². The number of nitrogens with one attached hydrogen (secondary N) is 2. The van der Waals surface area contributed by atoms with Crippen LogP contribution in [-0.2, 0) is 4.79 Å². The Balaban J connectivity index is 1.77. The molecule has 0 saturated heterocycles. The van der Waals surface area contributed by atoms with Gasteiger partial charge >= 0.3 is 0 Å². The molecule has 24 heavy (non-hydrogen) atoms. The SMILES string of the molecule is C[C@@H]1CC(=O)Nc2cccc(-c3cnn(-c4ccccc4)c3)c2N1. The number of benzene rings is 2. The van der Waals surface area contributed by atoms with E-state index in [9.17, 15) is 4.79 Å². The van der Waals surface area contributed by atoms with Gasteiger partial charge in [-0.15, -0.1) is 0 Å². The zero-order chi connectivity index (χ0) is 16.5. The van der Waals surface area contributed by atoms with E-state index in [1.807, 2.05) is 72.5 Å². The van der Waals surface area contributed by atoms with Gasteiger partial charge in [0.1, 0.15) is 0 Å². The smallest absolute Gasteiger partial charge is 0.226 e. The molecule has 5 nitrogen and oxygen atoms in total. The van der Waals surface area contributed by atoms with Crippen molar-refractivity contribution in [3.63, 3.8) is 0 Å². The Morgan fingerprint density at radius 2 is 1.96 bits per heavy atom. The van der Waals surface area contributed by atoms with Crippen LogP contribution in [0.4, 0.5) is 11.4 Å². The van der Waals surface area contributed by atoms with Crippen LogP contribution in [0, 0.1) is 0 Å². The van der Waals surface area contributed by atoms with Crippen molar-refractivity contribution in [1.29, 1.82) is 0 Å². The van der Waals surface area contributed by atoms with Crippen LogP contribution in [0.25, 0.3) is 16.8 Å². The molecular formula is C19H18N4O. The topological polar surface area (TPSA) is 59.0 Å². The van der Waals surface area contributed by atoms with Crippen molar-refractivity contribution in [2.45, 2.75) is 19.4 Å². The molecule has 0 saturated carbocycles. The van der Waals surface area contributed by atoms with E-state index in [-0.39, 0.29) is 11.9 Å². The van der Waals surface area contributed by atoms with Gasteiger partial charge < -0.3 is 10.6 Å². The first-order valence-corrected chi connectivity index (χ1v) is 8.00. The Hall–Kier alpha value is -3.08. The number of hydrogen-bond donors (Lipinski definition) is 2. The molecule has 1 aromatic heterocycles. The van der Waals surface area contributed by atoms with Crippen LogP contribution >= 0.6 is 0 Å². The highest BCUT2D eigenvalue weighted by molar-refractivity contribution is 6.00. The molecule has 1 amide bonds. The molecule has 2 heterocycles. The lowest BCUT2D eigenvalue weighted by atomic mass is 10.1. The van der Waals surface area contributed by atoms with E-state index in [4.69, 9.17) is 0 Å². The van der Waals surface area contributed by atoms with Crippen molar-refractivity contribution in [2.75, 3.05) is 10.6 Å². The predicted octanol–water partition coefficient (Wildman–Crippen LogP) is 3.68. The van der Waals surface area contributed by atoms with Crippen molar-refractivity contribution in [2.24, 2.45) is 0 Å². The number of carbonyl (C=O) groups excluding carboxylic acids is 1. The average molecular weight is 318 g/mol. The zero-order valence-electron chi connectivity index (χ0n) is 13.4. The highest BCUT2D eigenvalue weighted by Gasteiger charge is 2.20. The summed E-state index contributed by atoms with van der Waals surface area (Å²) in [4.78, 5) is 11.9. The van der Waals surface area contributed by atoms with Crippen molar-refractivity contribution in [3.05, 3.63) is 60.9 Å². The molecule has 0 fully saturated rings. The number of nitrogens with zero attached hydrogens (tertiary/aromatic N) is 2. The first-order valence-electron chi connectivity index (χ1n) is 8.00. The summed E-state index contributed by atoms with van der Waals surface area (Å²) in [7, 11) is 0. The third-order valence-corrected chi connectivity index (χ3v) is 4.14. The summed E-state index contributed by atoms with van der Waals surface area (Å²) in [5.74, 6) is 0.0332. The fourth-order valence-corrected chi connectivity index (χ4v) is 3.01. The van der Waals surface area contributed by atoms with Crippen LogP contribution in [0.1, 0.15) is 13.3 Å². The van der Waals surface area contributed by atoms with Crippen LogP contribution in [-0.4, -0.2) is 21.7 Å². The fraction of sp³-hybridized carbons (Fsp3) is 0.158. The van der Waals surface area contributed by atoms with Crippen molar-refractivity contribution < 1.29 is 4.79 Å². The maximum absolute atomic E-state index is 11.9. The van der Waals surface area contributed by atoms with Crippen LogP contribution in [0.3, 0.4) is 0 Å². The normalized spacial score (nSPS) is 16.7. The van der Waals surface area contributed by atoms with Gasteiger partial charge in [-0.05, 0) is 25.1 Å². The van der Waals surface area contributed by atoms with Gasteiger partial charge in [-0.3, -0.25) is 4.79 Å². The molecule has 3 aromatic rings. The number of hydrogen-bond acceptors (Lipinski definition) is 3. The zero-order valence-corrected chi connectivity index (χ0v) is 13.4. The number of rotatable bonds is 2. The van der Waals surface area contributed by atoms with Crippen LogP contribution in [0.2, 0.25) is 0 Å².